The Balaban J connectivity index is 2.06. The number of rotatable bonds is 8. The van der Waals surface area contributed by atoms with Gasteiger partial charge >= 0.3 is 23.8 Å². The molecule has 0 bridgehead atoms. The summed E-state index contributed by atoms with van der Waals surface area (Å²) in [5.74, 6) is -3.57. The summed E-state index contributed by atoms with van der Waals surface area (Å²) in [5.41, 5.74) is 0.786. The predicted octanol–water partition coefficient (Wildman–Crippen LogP) is -0.136. The molecule has 1 aromatic carbocycles. The van der Waals surface area contributed by atoms with Gasteiger partial charge < -0.3 is 10.1 Å². The highest BCUT2D eigenvalue weighted by Crippen LogP contribution is 2.12. The minimum absolute atomic E-state index is 0.139. The lowest BCUT2D eigenvalue weighted by atomic mass is 10.1. The number of nitrogens with one attached hydrogen (secondary N) is 1. The number of nitrogens with zero attached hydrogens (tertiary/aromatic N) is 2. The first-order valence-electron chi connectivity index (χ1n) is 8.08. The molecule has 27 heavy (non-hydrogen) atoms. The van der Waals surface area contributed by atoms with Crippen molar-refractivity contribution in [2.75, 3.05) is 20.2 Å². The Labute approximate surface area is 155 Å². The van der Waals surface area contributed by atoms with Crippen LogP contribution >= 0.6 is 0 Å². The van der Waals surface area contributed by atoms with Crippen molar-refractivity contribution in [3.8, 4) is 0 Å². The summed E-state index contributed by atoms with van der Waals surface area (Å²) in [6.45, 7) is 2.59. The quantitative estimate of drug-likeness (QED) is 0.294. The summed E-state index contributed by atoms with van der Waals surface area (Å²) in [6.07, 6.45) is 1.46. The number of urea groups is 1. The number of ether oxygens (including phenoxy) is 1. The van der Waals surface area contributed by atoms with Crippen LogP contribution in [0.4, 0.5) is 4.79 Å². The zero-order chi connectivity index (χ0) is 20.0. The van der Waals surface area contributed by atoms with Crippen LogP contribution in [0.5, 0.6) is 0 Å². The molecule has 2 rings (SSSR count). The highest BCUT2D eigenvalue weighted by atomic mass is 16.5. The van der Waals surface area contributed by atoms with E-state index in [9.17, 15) is 24.0 Å². The standard InChI is InChI=1S/C18H19N3O6/c1-3-9-20-15(23)16(24)21(18(20)26)11-14(22)19-13(17(25)27-2)10-12-7-5-4-6-8-12/h3-8,13H,1,9-11H2,2H3,(H,19,22)/t13-/m1/s1. The van der Waals surface area contributed by atoms with Crippen LogP contribution in [0.2, 0.25) is 0 Å². The monoisotopic (exact) mass is 373 g/mol. The van der Waals surface area contributed by atoms with Crippen molar-refractivity contribution in [1.82, 2.24) is 15.1 Å². The number of methoxy groups -OCH3 is 1. The first kappa shape index (κ1) is 19.8. The topological polar surface area (TPSA) is 113 Å². The lowest BCUT2D eigenvalue weighted by Crippen LogP contribution is -2.48. The summed E-state index contributed by atoms with van der Waals surface area (Å²) >= 11 is 0. The first-order valence-corrected chi connectivity index (χ1v) is 8.08. The molecule has 1 aliphatic rings. The van der Waals surface area contributed by atoms with Gasteiger partial charge in [-0.3, -0.25) is 19.3 Å². The van der Waals surface area contributed by atoms with E-state index in [4.69, 9.17) is 0 Å². The van der Waals surface area contributed by atoms with Crippen LogP contribution < -0.4 is 5.32 Å². The highest BCUT2D eigenvalue weighted by molar-refractivity contribution is 6.45. The minimum atomic E-state index is -1.10. The molecular formula is C18H19N3O6. The second-order valence-corrected chi connectivity index (χ2v) is 5.71. The molecule has 0 spiro atoms. The van der Waals surface area contributed by atoms with Gasteiger partial charge in [0.15, 0.2) is 0 Å². The van der Waals surface area contributed by atoms with Gasteiger partial charge in [-0.25, -0.2) is 14.5 Å². The molecule has 9 heteroatoms. The van der Waals surface area contributed by atoms with Crippen LogP contribution in [-0.2, 0) is 30.3 Å². The molecule has 0 radical (unpaired) electrons. The van der Waals surface area contributed by atoms with Gasteiger partial charge in [0.25, 0.3) is 0 Å². The summed E-state index contributed by atoms with van der Waals surface area (Å²) in [4.78, 5) is 61.2. The molecule has 0 aromatic heterocycles. The van der Waals surface area contributed by atoms with E-state index < -0.39 is 42.3 Å². The van der Waals surface area contributed by atoms with Crippen LogP contribution in [-0.4, -0.2) is 65.8 Å². The Morgan fingerprint density at radius 3 is 2.37 bits per heavy atom. The van der Waals surface area contributed by atoms with Gasteiger partial charge in [0.2, 0.25) is 5.91 Å². The number of carbonyl (C=O) groups excluding carboxylic acids is 5. The Bertz CT molecular complexity index is 777. The van der Waals surface area contributed by atoms with Crippen molar-refractivity contribution in [2.45, 2.75) is 12.5 Å². The van der Waals surface area contributed by atoms with Crippen molar-refractivity contribution >= 4 is 29.7 Å². The smallest absolute Gasteiger partial charge is 0.335 e. The molecule has 1 heterocycles. The molecule has 0 aliphatic carbocycles. The minimum Gasteiger partial charge on any atom is -0.467 e. The largest absolute Gasteiger partial charge is 0.467 e. The Morgan fingerprint density at radius 1 is 1.15 bits per heavy atom. The summed E-state index contributed by atoms with van der Waals surface area (Å²) < 4.78 is 4.69. The Hall–Kier alpha value is -3.49. The molecule has 0 saturated carbocycles. The summed E-state index contributed by atoms with van der Waals surface area (Å²) in [5, 5.41) is 2.44. The SMILES string of the molecule is C=CCN1C(=O)C(=O)N(CC(=O)N[C@H](Cc2ccccc2)C(=O)OC)C1=O. The molecule has 1 aliphatic heterocycles. The van der Waals surface area contributed by atoms with E-state index in [1.54, 1.807) is 24.3 Å². The lowest BCUT2D eigenvalue weighted by molar-refractivity contribution is -0.146. The maximum absolute atomic E-state index is 12.3. The predicted molar refractivity (Wildman–Crippen MR) is 93.1 cm³/mol. The van der Waals surface area contributed by atoms with Gasteiger partial charge in [-0.1, -0.05) is 36.4 Å². The molecule has 5 amide bonds. The fraction of sp³-hybridized carbons (Fsp3) is 0.278. The molecule has 1 aromatic rings. The zero-order valence-corrected chi connectivity index (χ0v) is 14.7. The Kier molecular flexibility index (Phi) is 6.42. The van der Waals surface area contributed by atoms with Gasteiger partial charge in [-0.05, 0) is 5.56 Å². The fourth-order valence-electron chi connectivity index (χ4n) is 2.55. The number of hydrogen-bond acceptors (Lipinski definition) is 6. The third kappa shape index (κ3) is 4.57. The number of carbonyl (C=O) groups is 5. The average Bonchev–Trinajstić information content (AvgIpc) is 2.86. The highest BCUT2D eigenvalue weighted by Gasteiger charge is 2.44. The van der Waals surface area contributed by atoms with Gasteiger partial charge in [0, 0.05) is 13.0 Å². The van der Waals surface area contributed by atoms with E-state index in [-0.39, 0.29) is 13.0 Å². The number of benzene rings is 1. The van der Waals surface area contributed by atoms with Gasteiger partial charge in [-0.15, -0.1) is 6.58 Å². The maximum Gasteiger partial charge on any atom is 0.335 e. The van der Waals surface area contributed by atoms with E-state index >= 15 is 0 Å². The zero-order valence-electron chi connectivity index (χ0n) is 14.7. The fourth-order valence-corrected chi connectivity index (χ4v) is 2.55. The van der Waals surface area contributed by atoms with E-state index in [1.165, 1.54) is 13.2 Å². The van der Waals surface area contributed by atoms with Gasteiger partial charge in [0.05, 0.1) is 7.11 Å². The van der Waals surface area contributed by atoms with Crippen LogP contribution in [0.3, 0.4) is 0 Å². The van der Waals surface area contributed by atoms with Crippen LogP contribution in [0.25, 0.3) is 0 Å². The maximum atomic E-state index is 12.3. The number of hydrogen-bond donors (Lipinski definition) is 1. The molecule has 9 nitrogen and oxygen atoms in total. The second-order valence-electron chi connectivity index (χ2n) is 5.71. The molecule has 1 fully saturated rings. The second kappa shape index (κ2) is 8.75. The average molecular weight is 373 g/mol. The van der Waals surface area contributed by atoms with E-state index in [0.717, 1.165) is 5.56 Å². The van der Waals surface area contributed by atoms with Crippen LogP contribution in [0.1, 0.15) is 5.56 Å². The lowest BCUT2D eigenvalue weighted by Gasteiger charge is -2.19. The third-order valence-corrected chi connectivity index (χ3v) is 3.85. The van der Waals surface area contributed by atoms with E-state index in [0.29, 0.717) is 9.80 Å². The van der Waals surface area contributed by atoms with Crippen molar-refractivity contribution < 1.29 is 28.7 Å². The van der Waals surface area contributed by atoms with Crippen molar-refractivity contribution in [3.63, 3.8) is 0 Å². The number of amides is 5. The number of imide groups is 2. The normalized spacial score (nSPS) is 14.9. The number of esters is 1. The molecule has 0 unspecified atom stereocenters. The van der Waals surface area contributed by atoms with E-state index in [2.05, 4.69) is 16.6 Å². The molecule has 142 valence electrons. The van der Waals surface area contributed by atoms with Crippen molar-refractivity contribution in [3.05, 3.63) is 48.6 Å². The third-order valence-electron chi connectivity index (χ3n) is 3.85. The summed E-state index contributed by atoms with van der Waals surface area (Å²) in [6, 6.07) is 7.03. The first-order chi connectivity index (χ1) is 12.9. The van der Waals surface area contributed by atoms with Crippen molar-refractivity contribution in [1.29, 1.82) is 0 Å². The van der Waals surface area contributed by atoms with Crippen molar-refractivity contribution in [2.24, 2.45) is 0 Å². The van der Waals surface area contributed by atoms with Gasteiger partial charge in [0.1, 0.15) is 12.6 Å². The van der Waals surface area contributed by atoms with Crippen LogP contribution in [0.15, 0.2) is 43.0 Å². The summed E-state index contributed by atoms with van der Waals surface area (Å²) in [7, 11) is 1.19. The van der Waals surface area contributed by atoms with E-state index in [1.807, 2.05) is 6.07 Å². The van der Waals surface area contributed by atoms with Gasteiger partial charge in [-0.2, -0.15) is 0 Å². The Morgan fingerprint density at radius 2 is 1.78 bits per heavy atom. The molecular weight excluding hydrogens is 354 g/mol. The molecule has 1 saturated heterocycles. The molecule has 1 N–H and O–H groups in total. The van der Waals surface area contributed by atoms with Crippen LogP contribution in [0, 0.1) is 0 Å². The molecule has 1 atom stereocenters.